The largest absolute Gasteiger partial charge is 0.340 e. The van der Waals surface area contributed by atoms with Crippen molar-refractivity contribution < 1.29 is 9.72 Å². The highest BCUT2D eigenvalue weighted by Crippen LogP contribution is 2.40. The van der Waals surface area contributed by atoms with Crippen molar-refractivity contribution in [3.63, 3.8) is 0 Å². The average Bonchev–Trinajstić information content (AvgIpc) is 2.98. The molecule has 0 spiro atoms. The first-order valence-electron chi connectivity index (χ1n) is 7.54. The van der Waals surface area contributed by atoms with Crippen molar-refractivity contribution >= 4 is 16.9 Å². The van der Waals surface area contributed by atoms with Crippen LogP contribution in [0.1, 0.15) is 31.1 Å². The predicted octanol–water partition coefficient (Wildman–Crippen LogP) is 1.89. The van der Waals surface area contributed by atoms with E-state index in [9.17, 15) is 14.9 Å². The highest BCUT2D eigenvalue weighted by Gasteiger charge is 2.55. The highest BCUT2D eigenvalue weighted by atomic mass is 16.6. The summed E-state index contributed by atoms with van der Waals surface area (Å²) in [5.41, 5.74) is 1.83. The number of hydrogen-bond donors (Lipinski definition) is 1. The molecule has 2 aromatic rings. The van der Waals surface area contributed by atoms with Crippen LogP contribution in [0, 0.1) is 16.0 Å². The van der Waals surface area contributed by atoms with E-state index in [4.69, 9.17) is 0 Å². The fraction of sp³-hybridized carbons (Fsp3) is 0.467. The lowest BCUT2D eigenvalue weighted by Crippen LogP contribution is -2.33. The zero-order chi connectivity index (χ0) is 15.3. The van der Waals surface area contributed by atoms with Gasteiger partial charge in [-0.2, -0.15) is 0 Å². The number of benzene rings is 1. The lowest BCUT2D eigenvalue weighted by Gasteiger charge is -2.22. The third-order valence-electron chi connectivity index (χ3n) is 4.60. The third kappa shape index (κ3) is 2.04. The number of nitrogens with one attached hydrogen (secondary N) is 1. The zero-order valence-electron chi connectivity index (χ0n) is 11.9. The fourth-order valence-corrected chi connectivity index (χ4v) is 3.34. The maximum Gasteiger partial charge on any atom is 0.233 e. The molecule has 1 aliphatic heterocycles. The quantitative estimate of drug-likeness (QED) is 0.692. The first-order chi connectivity index (χ1) is 10.6. The number of fused-ring (bicyclic) bond motifs is 1. The van der Waals surface area contributed by atoms with Gasteiger partial charge in [-0.25, -0.2) is 4.98 Å². The summed E-state index contributed by atoms with van der Waals surface area (Å²) in [4.78, 5) is 32.6. The molecule has 114 valence electrons. The van der Waals surface area contributed by atoms with Gasteiger partial charge in [0.05, 0.1) is 17.1 Å². The predicted molar refractivity (Wildman–Crippen MR) is 78.7 cm³/mol. The van der Waals surface area contributed by atoms with Gasteiger partial charge in [-0.15, -0.1) is 0 Å². The van der Waals surface area contributed by atoms with Crippen molar-refractivity contribution in [1.82, 2.24) is 14.9 Å². The molecule has 1 saturated heterocycles. The number of rotatable bonds is 3. The second-order valence-electron chi connectivity index (χ2n) is 6.02. The van der Waals surface area contributed by atoms with Gasteiger partial charge in [-0.05, 0) is 25.0 Å². The average molecular weight is 300 g/mol. The Morgan fingerprint density at radius 1 is 1.41 bits per heavy atom. The number of para-hydroxylation sites is 2. The summed E-state index contributed by atoms with van der Waals surface area (Å²) >= 11 is 0. The number of nitro groups is 1. The summed E-state index contributed by atoms with van der Waals surface area (Å²) in [7, 11) is 0. The number of nitrogens with zero attached hydrogens (tertiary/aromatic N) is 3. The van der Waals surface area contributed by atoms with Crippen LogP contribution in [0.2, 0.25) is 0 Å². The Morgan fingerprint density at radius 3 is 2.95 bits per heavy atom. The summed E-state index contributed by atoms with van der Waals surface area (Å²) < 4.78 is 0. The van der Waals surface area contributed by atoms with Gasteiger partial charge in [0.15, 0.2) is 0 Å². The summed E-state index contributed by atoms with van der Waals surface area (Å²) in [5.74, 6) is 0.245. The molecule has 1 saturated carbocycles. The molecule has 1 aromatic heterocycles. The van der Waals surface area contributed by atoms with Crippen molar-refractivity contribution in [3.05, 3.63) is 40.2 Å². The van der Waals surface area contributed by atoms with Crippen molar-refractivity contribution in [2.75, 3.05) is 6.54 Å². The molecular weight excluding hydrogens is 284 g/mol. The number of H-pyrrole nitrogens is 1. The number of aromatic nitrogens is 2. The van der Waals surface area contributed by atoms with E-state index < -0.39 is 12.0 Å². The van der Waals surface area contributed by atoms with E-state index in [2.05, 4.69) is 9.97 Å². The highest BCUT2D eigenvalue weighted by molar-refractivity contribution is 5.83. The van der Waals surface area contributed by atoms with Crippen molar-refractivity contribution in [2.45, 2.75) is 31.3 Å². The maximum absolute atomic E-state index is 12.5. The van der Waals surface area contributed by atoms with Crippen molar-refractivity contribution in [3.8, 4) is 0 Å². The van der Waals surface area contributed by atoms with E-state index in [-0.39, 0.29) is 16.9 Å². The summed E-state index contributed by atoms with van der Waals surface area (Å²) in [5, 5.41) is 10.8. The normalized spacial score (nSPS) is 27.3. The number of imidazole rings is 1. The molecule has 7 nitrogen and oxygen atoms in total. The van der Waals surface area contributed by atoms with Gasteiger partial charge in [-0.3, -0.25) is 14.9 Å². The number of aromatic amines is 1. The van der Waals surface area contributed by atoms with Gasteiger partial charge in [0.25, 0.3) is 0 Å². The minimum atomic E-state index is -0.690. The van der Waals surface area contributed by atoms with Crippen LogP contribution in [-0.2, 0) is 4.79 Å². The van der Waals surface area contributed by atoms with Crippen molar-refractivity contribution in [1.29, 1.82) is 0 Å². The molecule has 3 atom stereocenters. The monoisotopic (exact) mass is 300 g/mol. The molecule has 1 N–H and O–H groups in total. The SMILES string of the molecule is O=C([C@@H]1C[C@@H]1[N+](=O)[O-])N1CCC[C@@H]1c1nc2ccccc2[nH]1. The molecule has 4 rings (SSSR count). The second-order valence-corrected chi connectivity index (χ2v) is 6.02. The summed E-state index contributed by atoms with van der Waals surface area (Å²) in [6.07, 6.45) is 2.12. The third-order valence-corrected chi connectivity index (χ3v) is 4.60. The molecule has 7 heteroatoms. The summed E-state index contributed by atoms with van der Waals surface area (Å²) in [6.45, 7) is 0.654. The zero-order valence-corrected chi connectivity index (χ0v) is 11.9. The maximum atomic E-state index is 12.5. The Bertz CT molecular complexity index is 723. The standard InChI is InChI=1S/C15H16N4O3/c20-15(9-8-13(9)19(21)22)18-7-3-6-12(18)14-16-10-4-1-2-5-11(10)17-14/h1-2,4-5,9,12-13H,3,6-8H2,(H,16,17)/t9-,12-,13+/m1/s1. The van der Waals surface area contributed by atoms with Crippen LogP contribution in [-0.4, -0.2) is 38.3 Å². The molecule has 2 heterocycles. The van der Waals surface area contributed by atoms with Gasteiger partial charge in [0.2, 0.25) is 11.9 Å². The molecule has 22 heavy (non-hydrogen) atoms. The Balaban J connectivity index is 1.58. The van der Waals surface area contributed by atoms with Crippen LogP contribution in [0.15, 0.2) is 24.3 Å². The van der Waals surface area contributed by atoms with Crippen LogP contribution in [0.3, 0.4) is 0 Å². The van der Waals surface area contributed by atoms with Crippen LogP contribution in [0.25, 0.3) is 11.0 Å². The van der Waals surface area contributed by atoms with Gasteiger partial charge in [0, 0.05) is 17.9 Å². The Hall–Kier alpha value is -2.44. The molecule has 0 radical (unpaired) electrons. The van der Waals surface area contributed by atoms with E-state index in [0.717, 1.165) is 29.7 Å². The Labute approximate surface area is 126 Å². The van der Waals surface area contributed by atoms with Crippen molar-refractivity contribution in [2.24, 2.45) is 5.92 Å². The topological polar surface area (TPSA) is 92.1 Å². The first-order valence-corrected chi connectivity index (χ1v) is 7.54. The molecule has 2 fully saturated rings. The number of hydrogen-bond acceptors (Lipinski definition) is 4. The minimum absolute atomic E-state index is 0.0899. The smallest absolute Gasteiger partial charge is 0.233 e. The first kappa shape index (κ1) is 13.2. The van der Waals surface area contributed by atoms with Crippen LogP contribution >= 0.6 is 0 Å². The summed E-state index contributed by atoms with van der Waals surface area (Å²) in [6, 6.07) is 6.97. The van der Waals surface area contributed by atoms with E-state index in [1.54, 1.807) is 4.90 Å². The Kier molecular flexibility index (Phi) is 2.88. The molecule has 1 amide bonds. The van der Waals surface area contributed by atoms with E-state index in [0.29, 0.717) is 13.0 Å². The Morgan fingerprint density at radius 2 is 2.23 bits per heavy atom. The van der Waals surface area contributed by atoms with Gasteiger partial charge < -0.3 is 9.88 Å². The second kappa shape index (κ2) is 4.79. The molecule has 1 aromatic carbocycles. The number of likely N-dealkylation sites (tertiary alicyclic amines) is 1. The lowest BCUT2D eigenvalue weighted by atomic mass is 10.2. The lowest BCUT2D eigenvalue weighted by molar-refractivity contribution is -0.497. The fourth-order valence-electron chi connectivity index (χ4n) is 3.34. The minimum Gasteiger partial charge on any atom is -0.340 e. The van der Waals surface area contributed by atoms with E-state index in [1.807, 2.05) is 24.3 Å². The number of amides is 1. The molecule has 2 aliphatic rings. The molecule has 0 bridgehead atoms. The van der Waals surface area contributed by atoms with Gasteiger partial charge in [-0.1, -0.05) is 12.1 Å². The molecule has 1 aliphatic carbocycles. The van der Waals surface area contributed by atoms with Gasteiger partial charge in [0.1, 0.15) is 11.7 Å². The number of carbonyl (C=O) groups is 1. The van der Waals surface area contributed by atoms with E-state index >= 15 is 0 Å². The van der Waals surface area contributed by atoms with Crippen LogP contribution in [0.4, 0.5) is 0 Å². The number of carbonyl (C=O) groups excluding carboxylic acids is 1. The van der Waals surface area contributed by atoms with Gasteiger partial charge >= 0.3 is 0 Å². The molecular formula is C15H16N4O3. The van der Waals surface area contributed by atoms with E-state index in [1.165, 1.54) is 0 Å². The van der Waals surface area contributed by atoms with Crippen LogP contribution in [0.5, 0.6) is 0 Å². The molecule has 0 unspecified atom stereocenters. The van der Waals surface area contributed by atoms with Crippen LogP contribution < -0.4 is 0 Å².